The number of carbonyl (C=O) groups excluding carboxylic acids is 1. The number of hydrogen-bond acceptors (Lipinski definition) is 4. The molecule has 0 spiro atoms. The number of nitrogens with zero attached hydrogens (tertiary/aromatic N) is 4. The molecular weight excluding hydrogens is 357 g/mol. The lowest BCUT2D eigenvalue weighted by Gasteiger charge is -2.23. The van der Waals surface area contributed by atoms with Gasteiger partial charge in [0.2, 0.25) is 4.73 Å². The number of carbonyl (C=O) groups is 1. The smallest absolute Gasteiger partial charge is 0.452 e. The van der Waals surface area contributed by atoms with Crippen LogP contribution >= 0.6 is 15.9 Å². The Balaban J connectivity index is 2.34. The molecule has 0 aliphatic carbocycles. The molecule has 0 saturated carbocycles. The van der Waals surface area contributed by atoms with Crippen LogP contribution in [0.1, 0.15) is 0 Å². The van der Waals surface area contributed by atoms with E-state index < -0.39 is 17.3 Å². The van der Waals surface area contributed by atoms with Crippen LogP contribution in [-0.4, -0.2) is 34.3 Å². The van der Waals surface area contributed by atoms with Crippen molar-refractivity contribution in [3.8, 4) is 5.69 Å². The summed E-state index contributed by atoms with van der Waals surface area (Å²) >= 11 is 3.06. The average molecular weight is 365 g/mol. The fraction of sp³-hybridized carbons (Fsp3) is 0.182. The van der Waals surface area contributed by atoms with E-state index in [0.717, 1.165) is 19.2 Å². The minimum atomic E-state index is -4.88. The molecule has 10 heteroatoms. The van der Waals surface area contributed by atoms with Crippen molar-refractivity contribution in [2.75, 3.05) is 12.0 Å². The van der Waals surface area contributed by atoms with Crippen molar-refractivity contribution in [3.05, 3.63) is 35.3 Å². The molecule has 0 aliphatic heterocycles. The number of hydrogen-bond donors (Lipinski definition) is 0. The maximum atomic E-state index is 12.9. The van der Waals surface area contributed by atoms with Crippen LogP contribution in [0.2, 0.25) is 0 Å². The SMILES string of the molecule is COC(=O)N(c1ccc(-n2cnc(Br)n2)cc1)C(F)(F)F. The summed E-state index contributed by atoms with van der Waals surface area (Å²) in [4.78, 5) is 14.7. The molecule has 0 unspecified atom stereocenters. The minimum absolute atomic E-state index is 0.345. The Morgan fingerprint density at radius 1 is 1.33 bits per heavy atom. The number of alkyl halides is 3. The maximum Gasteiger partial charge on any atom is 0.494 e. The summed E-state index contributed by atoms with van der Waals surface area (Å²) in [5.41, 5.74) is 0.126. The molecule has 0 bridgehead atoms. The van der Waals surface area contributed by atoms with Crippen molar-refractivity contribution in [1.82, 2.24) is 14.8 Å². The summed E-state index contributed by atoms with van der Waals surface area (Å²) < 4.78 is 44.4. The fourth-order valence-electron chi connectivity index (χ4n) is 1.57. The van der Waals surface area contributed by atoms with Gasteiger partial charge in [-0.05, 0) is 40.2 Å². The Bertz CT molecular complexity index is 642. The third-order valence-corrected chi connectivity index (χ3v) is 2.81. The molecule has 0 saturated heterocycles. The second-order valence-corrected chi connectivity index (χ2v) is 4.46. The van der Waals surface area contributed by atoms with E-state index in [0.29, 0.717) is 10.4 Å². The number of amides is 1. The zero-order chi connectivity index (χ0) is 15.6. The van der Waals surface area contributed by atoms with Gasteiger partial charge in [0, 0.05) is 0 Å². The molecule has 1 heterocycles. The van der Waals surface area contributed by atoms with Gasteiger partial charge in [0.05, 0.1) is 18.5 Å². The topological polar surface area (TPSA) is 60.2 Å². The highest BCUT2D eigenvalue weighted by molar-refractivity contribution is 9.10. The number of methoxy groups -OCH3 is 1. The van der Waals surface area contributed by atoms with E-state index in [1.807, 2.05) is 0 Å². The van der Waals surface area contributed by atoms with E-state index in [1.165, 1.54) is 23.1 Å². The van der Waals surface area contributed by atoms with Crippen LogP contribution in [-0.2, 0) is 4.74 Å². The summed E-state index contributed by atoms with van der Waals surface area (Å²) in [6.45, 7) is 0. The van der Waals surface area contributed by atoms with E-state index in [1.54, 1.807) is 0 Å². The van der Waals surface area contributed by atoms with Gasteiger partial charge in [-0.2, -0.15) is 4.90 Å². The van der Waals surface area contributed by atoms with Crippen LogP contribution in [0.4, 0.5) is 23.7 Å². The maximum absolute atomic E-state index is 12.9. The van der Waals surface area contributed by atoms with E-state index in [-0.39, 0.29) is 5.69 Å². The average Bonchev–Trinajstić information content (AvgIpc) is 2.84. The van der Waals surface area contributed by atoms with Crippen LogP contribution < -0.4 is 4.90 Å². The fourth-order valence-corrected chi connectivity index (χ4v) is 1.83. The molecule has 0 radical (unpaired) electrons. The van der Waals surface area contributed by atoms with Gasteiger partial charge < -0.3 is 4.74 Å². The molecule has 112 valence electrons. The van der Waals surface area contributed by atoms with Gasteiger partial charge >= 0.3 is 12.4 Å². The first kappa shape index (κ1) is 15.3. The van der Waals surface area contributed by atoms with Crippen LogP contribution in [0.15, 0.2) is 35.3 Å². The van der Waals surface area contributed by atoms with Crippen molar-refractivity contribution in [2.45, 2.75) is 6.30 Å². The molecule has 1 aromatic heterocycles. The van der Waals surface area contributed by atoms with Crippen molar-refractivity contribution in [3.63, 3.8) is 0 Å². The van der Waals surface area contributed by atoms with E-state index in [9.17, 15) is 18.0 Å². The standard InChI is InChI=1S/C11H8BrF3N4O2/c1-21-10(20)19(11(13,14)15)8-4-2-7(3-5-8)18-6-16-9(12)17-18/h2-6H,1H3. The molecule has 0 aliphatic rings. The van der Waals surface area contributed by atoms with Crippen molar-refractivity contribution >= 4 is 27.7 Å². The van der Waals surface area contributed by atoms with Crippen LogP contribution in [0.5, 0.6) is 0 Å². The second kappa shape index (κ2) is 5.72. The lowest BCUT2D eigenvalue weighted by atomic mass is 10.2. The van der Waals surface area contributed by atoms with Crippen molar-refractivity contribution in [2.24, 2.45) is 0 Å². The predicted octanol–water partition coefficient (Wildman–Crippen LogP) is 3.12. The Morgan fingerprint density at radius 3 is 2.38 bits per heavy atom. The van der Waals surface area contributed by atoms with Gasteiger partial charge in [-0.1, -0.05) is 0 Å². The largest absolute Gasteiger partial charge is 0.494 e. The Morgan fingerprint density at radius 2 is 1.95 bits per heavy atom. The van der Waals surface area contributed by atoms with Gasteiger partial charge in [0.1, 0.15) is 6.33 Å². The summed E-state index contributed by atoms with van der Waals surface area (Å²) in [7, 11) is 0.877. The molecule has 0 N–H and O–H groups in total. The van der Waals surface area contributed by atoms with E-state index in [4.69, 9.17) is 0 Å². The zero-order valence-corrected chi connectivity index (χ0v) is 12.1. The first-order valence-electron chi connectivity index (χ1n) is 5.45. The van der Waals surface area contributed by atoms with Gasteiger partial charge in [-0.15, -0.1) is 18.3 Å². The molecule has 1 amide bonds. The molecule has 0 fully saturated rings. The lowest BCUT2D eigenvalue weighted by molar-refractivity contribution is -0.124. The molecule has 1 aromatic carbocycles. The molecular formula is C11H8BrF3N4O2. The van der Waals surface area contributed by atoms with Crippen LogP contribution in [0.25, 0.3) is 5.69 Å². The monoisotopic (exact) mass is 364 g/mol. The normalized spacial score (nSPS) is 11.3. The number of anilines is 1. The van der Waals surface area contributed by atoms with Gasteiger partial charge in [0.25, 0.3) is 0 Å². The summed E-state index contributed by atoms with van der Waals surface area (Å²) in [5.74, 6) is 0. The highest BCUT2D eigenvalue weighted by Gasteiger charge is 2.43. The highest BCUT2D eigenvalue weighted by atomic mass is 79.9. The van der Waals surface area contributed by atoms with Crippen LogP contribution in [0.3, 0.4) is 0 Å². The van der Waals surface area contributed by atoms with Crippen molar-refractivity contribution in [1.29, 1.82) is 0 Å². The number of aromatic nitrogens is 3. The Labute approximate surface area is 125 Å². The number of ether oxygens (including phenoxy) is 1. The quantitative estimate of drug-likeness (QED) is 0.768. The Hall–Kier alpha value is -2.10. The Kier molecular flexibility index (Phi) is 4.16. The van der Waals surface area contributed by atoms with Crippen LogP contribution in [0, 0.1) is 0 Å². The lowest BCUT2D eigenvalue weighted by Crippen LogP contribution is -2.43. The first-order chi connectivity index (χ1) is 9.82. The first-order valence-corrected chi connectivity index (χ1v) is 6.24. The number of benzene rings is 1. The van der Waals surface area contributed by atoms with Gasteiger partial charge in [-0.25, -0.2) is 14.5 Å². The molecule has 6 nitrogen and oxygen atoms in total. The number of halogens is 4. The van der Waals surface area contributed by atoms with Crippen molar-refractivity contribution < 1.29 is 22.7 Å². The second-order valence-electron chi connectivity index (χ2n) is 3.75. The molecule has 0 atom stereocenters. The predicted molar refractivity (Wildman–Crippen MR) is 70.0 cm³/mol. The minimum Gasteiger partial charge on any atom is -0.452 e. The third-order valence-electron chi connectivity index (χ3n) is 2.45. The zero-order valence-electron chi connectivity index (χ0n) is 10.5. The molecule has 2 rings (SSSR count). The molecule has 21 heavy (non-hydrogen) atoms. The third kappa shape index (κ3) is 3.32. The van der Waals surface area contributed by atoms with E-state index >= 15 is 0 Å². The van der Waals surface area contributed by atoms with Gasteiger partial charge in [0.15, 0.2) is 0 Å². The summed E-state index contributed by atoms with van der Waals surface area (Å²) in [6.07, 6.45) is -5.01. The summed E-state index contributed by atoms with van der Waals surface area (Å²) in [5, 5.41) is 3.95. The van der Waals surface area contributed by atoms with E-state index in [2.05, 4.69) is 30.7 Å². The molecule has 2 aromatic rings. The van der Waals surface area contributed by atoms with Gasteiger partial charge in [-0.3, -0.25) is 0 Å². The summed E-state index contributed by atoms with van der Waals surface area (Å²) in [6, 6.07) is 5.01. The highest BCUT2D eigenvalue weighted by Crippen LogP contribution is 2.29. The number of rotatable bonds is 2.